The molecule has 38 heavy (non-hydrogen) atoms. The maximum absolute atomic E-state index is 14.0. The molecule has 8 nitrogen and oxygen atoms in total. The Kier molecular flexibility index (Phi) is 8.73. The van der Waals surface area contributed by atoms with Gasteiger partial charge in [-0.15, -0.1) is 0 Å². The van der Waals surface area contributed by atoms with Crippen LogP contribution in [0.3, 0.4) is 0 Å². The van der Waals surface area contributed by atoms with Crippen molar-refractivity contribution in [1.82, 2.24) is 4.57 Å². The van der Waals surface area contributed by atoms with Crippen molar-refractivity contribution in [3.8, 4) is 17.2 Å². The first-order valence-corrected chi connectivity index (χ1v) is 13.8. The zero-order chi connectivity index (χ0) is 27.4. The van der Waals surface area contributed by atoms with Gasteiger partial charge in [0.05, 0.1) is 43.7 Å². The van der Waals surface area contributed by atoms with Gasteiger partial charge < -0.3 is 18.9 Å². The van der Waals surface area contributed by atoms with E-state index in [1.165, 1.54) is 11.3 Å². The average Bonchev–Trinajstić information content (AvgIpc) is 3.22. The predicted molar refractivity (Wildman–Crippen MR) is 150 cm³/mol. The van der Waals surface area contributed by atoms with E-state index in [1.807, 2.05) is 31.2 Å². The molecule has 2 heterocycles. The molecule has 0 fully saturated rings. The molecule has 0 bridgehead atoms. The maximum Gasteiger partial charge on any atom is 0.338 e. The molecule has 0 aliphatic carbocycles. The Morgan fingerprint density at radius 1 is 1.11 bits per heavy atom. The Hall–Kier alpha value is -3.37. The smallest absolute Gasteiger partial charge is 0.338 e. The third-order valence-electron chi connectivity index (χ3n) is 6.10. The fourth-order valence-electron chi connectivity index (χ4n) is 4.50. The minimum absolute atomic E-state index is 0.199. The van der Waals surface area contributed by atoms with Gasteiger partial charge in [-0.2, -0.15) is 0 Å². The Bertz CT molecular complexity index is 1570. The van der Waals surface area contributed by atoms with Crippen LogP contribution >= 0.6 is 27.3 Å². The first-order chi connectivity index (χ1) is 18.4. The summed E-state index contributed by atoms with van der Waals surface area (Å²) in [4.78, 5) is 32.7. The van der Waals surface area contributed by atoms with E-state index in [0.717, 1.165) is 10.9 Å². The van der Waals surface area contributed by atoms with Gasteiger partial charge in [-0.05, 0) is 43.7 Å². The Morgan fingerprint density at radius 2 is 1.87 bits per heavy atom. The molecule has 1 aliphatic heterocycles. The molecule has 3 aromatic rings. The molecular formula is C28H29BrN2O6S. The number of thiazole rings is 1. The molecule has 1 aliphatic rings. The number of hydrogen-bond donors (Lipinski definition) is 0. The number of carbonyl (C=O) groups excluding carboxylic acids is 1. The molecule has 0 N–H and O–H groups in total. The summed E-state index contributed by atoms with van der Waals surface area (Å²) < 4.78 is 24.9. The summed E-state index contributed by atoms with van der Waals surface area (Å²) in [6.07, 6.45) is 3.07. The molecule has 1 atom stereocenters. The monoisotopic (exact) mass is 600 g/mol. The van der Waals surface area contributed by atoms with E-state index in [9.17, 15) is 9.59 Å². The lowest BCUT2D eigenvalue weighted by Crippen LogP contribution is -2.40. The Morgan fingerprint density at radius 3 is 2.53 bits per heavy atom. The van der Waals surface area contributed by atoms with Crippen LogP contribution in [0.4, 0.5) is 0 Å². The zero-order valence-electron chi connectivity index (χ0n) is 21.9. The van der Waals surface area contributed by atoms with Crippen LogP contribution in [0.15, 0.2) is 61.9 Å². The topological polar surface area (TPSA) is 88.4 Å². The van der Waals surface area contributed by atoms with Gasteiger partial charge in [0, 0.05) is 15.6 Å². The number of ether oxygens (including phenoxy) is 4. The van der Waals surface area contributed by atoms with Gasteiger partial charge in [-0.3, -0.25) is 9.36 Å². The molecule has 4 rings (SSSR count). The van der Waals surface area contributed by atoms with Gasteiger partial charge in [0.2, 0.25) is 0 Å². The van der Waals surface area contributed by atoms with Crippen LogP contribution < -0.4 is 29.1 Å². The zero-order valence-corrected chi connectivity index (χ0v) is 24.3. The summed E-state index contributed by atoms with van der Waals surface area (Å²) in [7, 11) is 4.68. The van der Waals surface area contributed by atoms with Crippen LogP contribution in [0.1, 0.15) is 43.9 Å². The molecular weight excluding hydrogens is 572 g/mol. The fourth-order valence-corrected chi connectivity index (χ4v) is 5.89. The van der Waals surface area contributed by atoms with Crippen molar-refractivity contribution in [3.63, 3.8) is 0 Å². The molecule has 0 saturated carbocycles. The normalized spacial score (nSPS) is 15.1. The lowest BCUT2D eigenvalue weighted by atomic mass is 9.93. The fraction of sp³-hybridized carbons (Fsp3) is 0.321. The lowest BCUT2D eigenvalue weighted by molar-refractivity contribution is -0.139. The van der Waals surface area contributed by atoms with Crippen LogP contribution in [0.2, 0.25) is 0 Å². The number of fused-ring (bicyclic) bond motifs is 1. The second kappa shape index (κ2) is 12.0. The minimum atomic E-state index is -0.784. The minimum Gasteiger partial charge on any atom is -0.496 e. The first kappa shape index (κ1) is 27.7. The molecule has 1 aromatic heterocycles. The van der Waals surface area contributed by atoms with Crippen LogP contribution in [0.25, 0.3) is 6.08 Å². The number of aromatic nitrogens is 1. The Labute approximate surface area is 233 Å². The number of para-hydroxylation sites is 1. The van der Waals surface area contributed by atoms with E-state index < -0.39 is 12.0 Å². The second-order valence-corrected chi connectivity index (χ2v) is 10.3. The predicted octanol–water partition coefficient (Wildman–Crippen LogP) is 4.37. The summed E-state index contributed by atoms with van der Waals surface area (Å²) in [5.74, 6) is 1.11. The summed E-state index contributed by atoms with van der Waals surface area (Å²) in [5.41, 5.74) is 1.99. The third-order valence-corrected chi connectivity index (χ3v) is 7.57. The number of allylic oxidation sites excluding steroid dienone is 1. The highest BCUT2D eigenvalue weighted by molar-refractivity contribution is 9.10. The highest BCUT2D eigenvalue weighted by Gasteiger charge is 2.36. The molecule has 0 unspecified atom stereocenters. The van der Waals surface area contributed by atoms with Crippen LogP contribution in [0.5, 0.6) is 17.2 Å². The number of methoxy groups -OCH3 is 3. The maximum atomic E-state index is 14.0. The average molecular weight is 602 g/mol. The van der Waals surface area contributed by atoms with Crippen molar-refractivity contribution in [2.75, 3.05) is 27.9 Å². The summed E-state index contributed by atoms with van der Waals surface area (Å²) in [6, 6.07) is 10.2. The highest BCUT2D eigenvalue weighted by atomic mass is 79.9. The van der Waals surface area contributed by atoms with Crippen molar-refractivity contribution in [1.29, 1.82) is 0 Å². The van der Waals surface area contributed by atoms with Crippen molar-refractivity contribution in [2.45, 2.75) is 32.7 Å². The molecule has 2 aromatic carbocycles. The molecule has 10 heteroatoms. The lowest BCUT2D eigenvalue weighted by Gasteiger charge is -2.27. The van der Waals surface area contributed by atoms with Gasteiger partial charge in [0.15, 0.2) is 16.3 Å². The molecule has 0 amide bonds. The van der Waals surface area contributed by atoms with Crippen LogP contribution in [-0.4, -0.2) is 38.5 Å². The number of rotatable bonds is 9. The van der Waals surface area contributed by atoms with E-state index in [4.69, 9.17) is 23.9 Å². The highest BCUT2D eigenvalue weighted by Crippen LogP contribution is 2.38. The SMILES string of the molecule is CCCC1=C(C(=O)OCC)[C@H](c2cc(Br)ccc2OC)n2c(s/c(=C/c3cccc(OC)c3OC)c2=O)=N1. The van der Waals surface area contributed by atoms with Crippen molar-refractivity contribution < 1.29 is 23.7 Å². The van der Waals surface area contributed by atoms with E-state index in [0.29, 0.717) is 55.4 Å². The largest absolute Gasteiger partial charge is 0.496 e. The van der Waals surface area contributed by atoms with Gasteiger partial charge in [0.25, 0.3) is 5.56 Å². The molecule has 200 valence electrons. The Balaban J connectivity index is 2.06. The van der Waals surface area contributed by atoms with Gasteiger partial charge in [-0.25, -0.2) is 9.79 Å². The van der Waals surface area contributed by atoms with Crippen LogP contribution in [0, 0.1) is 0 Å². The van der Waals surface area contributed by atoms with Gasteiger partial charge in [0.1, 0.15) is 11.8 Å². The second-order valence-electron chi connectivity index (χ2n) is 8.38. The van der Waals surface area contributed by atoms with Crippen molar-refractivity contribution in [3.05, 3.63) is 83.0 Å². The summed E-state index contributed by atoms with van der Waals surface area (Å²) in [6.45, 7) is 3.97. The van der Waals surface area contributed by atoms with Gasteiger partial charge >= 0.3 is 5.97 Å². The van der Waals surface area contributed by atoms with E-state index >= 15 is 0 Å². The van der Waals surface area contributed by atoms with Crippen molar-refractivity contribution in [2.24, 2.45) is 4.99 Å². The quantitative estimate of drug-likeness (QED) is 0.339. The van der Waals surface area contributed by atoms with E-state index in [2.05, 4.69) is 15.9 Å². The number of nitrogens with zero attached hydrogens (tertiary/aromatic N) is 2. The number of benzene rings is 2. The number of esters is 1. The number of halogens is 1. The summed E-state index contributed by atoms with van der Waals surface area (Å²) >= 11 is 4.79. The number of hydrogen-bond acceptors (Lipinski definition) is 8. The molecule has 0 saturated heterocycles. The standard InChI is InChI=1S/C28H29BrN2O6S/c1-6-9-19-23(27(33)37-7-2)24(18-15-17(29)12-13-20(18)34-3)31-26(32)22(38-28(31)30-19)14-16-10-8-11-21(35-4)25(16)36-5/h8,10-15,24H,6-7,9H2,1-5H3/b22-14+/t24-/m0/s1. The third kappa shape index (κ3) is 5.15. The molecule has 0 radical (unpaired) electrons. The first-order valence-electron chi connectivity index (χ1n) is 12.1. The van der Waals surface area contributed by atoms with E-state index in [1.54, 1.807) is 51.0 Å². The van der Waals surface area contributed by atoms with Crippen LogP contribution in [-0.2, 0) is 9.53 Å². The van der Waals surface area contributed by atoms with E-state index in [-0.39, 0.29) is 12.2 Å². The van der Waals surface area contributed by atoms with Crippen molar-refractivity contribution >= 4 is 39.3 Å². The van der Waals surface area contributed by atoms with Gasteiger partial charge in [-0.1, -0.05) is 52.7 Å². The molecule has 0 spiro atoms. The number of carbonyl (C=O) groups is 1. The summed E-state index contributed by atoms with van der Waals surface area (Å²) in [5, 5.41) is 0.